The molecule has 6 heteroatoms. The molecule has 2 aliphatic heterocycles. The molecule has 2 fully saturated rings. The van der Waals surface area contributed by atoms with Crippen LogP contribution >= 0.6 is 0 Å². The number of urea groups is 1. The summed E-state index contributed by atoms with van der Waals surface area (Å²) in [5.41, 5.74) is 3.70. The van der Waals surface area contributed by atoms with Gasteiger partial charge in [0.1, 0.15) is 0 Å². The van der Waals surface area contributed by atoms with Gasteiger partial charge in [-0.15, -0.1) is 0 Å². The van der Waals surface area contributed by atoms with Crippen LogP contribution in [0.2, 0.25) is 0 Å². The van der Waals surface area contributed by atoms with E-state index in [4.69, 9.17) is 0 Å². The smallest absolute Gasteiger partial charge is 0.288 e. The molecule has 2 atom stereocenters. The molecule has 0 spiro atoms. The summed E-state index contributed by atoms with van der Waals surface area (Å²) in [5, 5.41) is 0. The van der Waals surface area contributed by atoms with Gasteiger partial charge in [-0.3, -0.25) is 9.80 Å². The quantitative estimate of drug-likeness (QED) is 0.780. The Kier molecular flexibility index (Phi) is 4.03. The average Bonchev–Trinajstić information content (AvgIpc) is 3.05. The van der Waals surface area contributed by atoms with E-state index in [0.717, 1.165) is 23.4 Å². The highest BCUT2D eigenvalue weighted by atomic mass is 32.2. The first kappa shape index (κ1) is 17.1. The second-order valence-electron chi connectivity index (χ2n) is 7.04. The van der Waals surface area contributed by atoms with Gasteiger partial charge < -0.3 is 0 Å². The Bertz CT molecular complexity index is 953. The number of carbonyl (C=O) groups is 1. The molecule has 2 aromatic carbocycles. The Balaban J connectivity index is 1.80. The van der Waals surface area contributed by atoms with Crippen molar-refractivity contribution in [2.75, 3.05) is 21.3 Å². The normalized spacial score (nSPS) is 24.2. The third kappa shape index (κ3) is 2.69. The zero-order valence-corrected chi connectivity index (χ0v) is 15.7. The molecule has 0 N–H and O–H groups in total. The van der Waals surface area contributed by atoms with Crippen molar-refractivity contribution in [1.29, 1.82) is 0 Å². The first-order valence-corrected chi connectivity index (χ1v) is 10.7. The maximum Gasteiger partial charge on any atom is 0.329 e. The number of nitrogens with zero attached hydrogens (tertiary/aromatic N) is 2. The van der Waals surface area contributed by atoms with Crippen LogP contribution in [0.15, 0.2) is 48.5 Å². The van der Waals surface area contributed by atoms with Gasteiger partial charge in [-0.25, -0.2) is 13.2 Å². The van der Waals surface area contributed by atoms with Crippen molar-refractivity contribution in [1.82, 2.24) is 0 Å². The van der Waals surface area contributed by atoms with Crippen LogP contribution in [0.3, 0.4) is 0 Å². The van der Waals surface area contributed by atoms with Crippen LogP contribution in [0.25, 0.3) is 0 Å². The number of para-hydroxylation sites is 1. The number of hydrogen-bond donors (Lipinski definition) is 0. The molecule has 2 aliphatic rings. The van der Waals surface area contributed by atoms with Crippen molar-refractivity contribution in [3.8, 4) is 0 Å². The molecule has 0 bridgehead atoms. The van der Waals surface area contributed by atoms with Gasteiger partial charge in [0.15, 0.2) is 9.84 Å². The van der Waals surface area contributed by atoms with Crippen molar-refractivity contribution in [3.63, 3.8) is 0 Å². The zero-order chi connectivity index (χ0) is 18.5. The molecule has 26 heavy (non-hydrogen) atoms. The van der Waals surface area contributed by atoms with Gasteiger partial charge in [0.2, 0.25) is 0 Å². The van der Waals surface area contributed by atoms with E-state index in [-0.39, 0.29) is 29.6 Å². The number of carbonyl (C=O) groups excluding carboxylic acids is 1. The SMILES string of the molecule is CCc1ccc(N2C(=O)N(c3ccccc3C)[C@H]3CS(=O)(=O)C[C@H]32)cc1. The molecule has 4 rings (SSSR count). The van der Waals surface area contributed by atoms with E-state index in [1.165, 1.54) is 5.56 Å². The fourth-order valence-corrected chi connectivity index (χ4v) is 5.93. The lowest BCUT2D eigenvalue weighted by Gasteiger charge is -2.24. The van der Waals surface area contributed by atoms with Gasteiger partial charge in [0.25, 0.3) is 0 Å². The van der Waals surface area contributed by atoms with Crippen molar-refractivity contribution in [2.45, 2.75) is 32.4 Å². The maximum atomic E-state index is 13.3. The monoisotopic (exact) mass is 370 g/mol. The Morgan fingerprint density at radius 1 is 0.962 bits per heavy atom. The molecule has 2 amide bonds. The van der Waals surface area contributed by atoms with Crippen LogP contribution in [0.4, 0.5) is 16.2 Å². The van der Waals surface area contributed by atoms with Crippen LogP contribution in [0.5, 0.6) is 0 Å². The van der Waals surface area contributed by atoms with Gasteiger partial charge in [0, 0.05) is 11.4 Å². The van der Waals surface area contributed by atoms with Crippen molar-refractivity contribution < 1.29 is 13.2 Å². The molecule has 136 valence electrons. The molecular weight excluding hydrogens is 348 g/mol. The topological polar surface area (TPSA) is 57.7 Å². The second kappa shape index (κ2) is 6.13. The number of benzene rings is 2. The third-order valence-corrected chi connectivity index (χ3v) is 7.07. The standard InChI is InChI=1S/C20H22N2O3S/c1-3-15-8-10-16(11-9-15)21-18-12-26(24,25)13-19(18)22(20(21)23)17-7-5-4-6-14(17)2/h4-11,18-19H,3,12-13H2,1-2H3/t18-,19+/m1/s1. The third-order valence-electron chi connectivity index (χ3n) is 5.37. The maximum absolute atomic E-state index is 13.3. The highest BCUT2D eigenvalue weighted by molar-refractivity contribution is 7.91. The van der Waals surface area contributed by atoms with Crippen LogP contribution in [0, 0.1) is 6.92 Å². The summed E-state index contributed by atoms with van der Waals surface area (Å²) < 4.78 is 24.7. The number of amides is 2. The Hall–Kier alpha value is -2.34. The van der Waals surface area contributed by atoms with Crippen LogP contribution in [-0.4, -0.2) is 38.0 Å². The molecule has 5 nitrogen and oxygen atoms in total. The van der Waals surface area contributed by atoms with Crippen molar-refractivity contribution in [2.24, 2.45) is 0 Å². The molecule has 2 heterocycles. The Morgan fingerprint density at radius 2 is 1.58 bits per heavy atom. The van der Waals surface area contributed by atoms with E-state index in [1.807, 2.05) is 55.5 Å². The van der Waals surface area contributed by atoms with Crippen LogP contribution in [0.1, 0.15) is 18.1 Å². The number of anilines is 2. The van der Waals surface area contributed by atoms with E-state index < -0.39 is 9.84 Å². The minimum Gasteiger partial charge on any atom is -0.288 e. The predicted octanol–water partition coefficient (Wildman–Crippen LogP) is 3.17. The van der Waals surface area contributed by atoms with Gasteiger partial charge >= 0.3 is 6.03 Å². The van der Waals surface area contributed by atoms with E-state index >= 15 is 0 Å². The predicted molar refractivity (Wildman–Crippen MR) is 104 cm³/mol. The fraction of sp³-hybridized carbons (Fsp3) is 0.350. The second-order valence-corrected chi connectivity index (χ2v) is 9.19. The zero-order valence-electron chi connectivity index (χ0n) is 14.9. The Labute approximate surface area is 154 Å². The summed E-state index contributed by atoms with van der Waals surface area (Å²) in [6, 6.07) is 14.6. The van der Waals surface area contributed by atoms with Gasteiger partial charge in [-0.1, -0.05) is 37.3 Å². The van der Waals surface area contributed by atoms with Crippen molar-refractivity contribution >= 4 is 27.2 Å². The van der Waals surface area contributed by atoms with Gasteiger partial charge in [-0.05, 0) is 42.7 Å². The van der Waals surface area contributed by atoms with E-state index in [1.54, 1.807) is 9.80 Å². The number of fused-ring (bicyclic) bond motifs is 1. The summed E-state index contributed by atoms with van der Waals surface area (Å²) in [4.78, 5) is 16.6. The molecule has 0 saturated carbocycles. The molecule has 0 unspecified atom stereocenters. The van der Waals surface area contributed by atoms with E-state index in [9.17, 15) is 13.2 Å². The lowest BCUT2D eigenvalue weighted by atomic mass is 10.1. The number of hydrogen-bond acceptors (Lipinski definition) is 3. The highest BCUT2D eigenvalue weighted by Crippen LogP contribution is 2.38. The highest BCUT2D eigenvalue weighted by Gasteiger charge is 2.54. The molecular formula is C20H22N2O3S. The summed E-state index contributed by atoms with van der Waals surface area (Å²) in [6.07, 6.45) is 0.921. The summed E-state index contributed by atoms with van der Waals surface area (Å²) in [6.45, 7) is 4.02. The van der Waals surface area contributed by atoms with Gasteiger partial charge in [0.05, 0.1) is 23.6 Å². The van der Waals surface area contributed by atoms with Crippen molar-refractivity contribution in [3.05, 3.63) is 59.7 Å². The summed E-state index contributed by atoms with van der Waals surface area (Å²) in [5.74, 6) is 0.0304. The summed E-state index contributed by atoms with van der Waals surface area (Å²) >= 11 is 0. The first-order chi connectivity index (χ1) is 12.4. The molecule has 0 radical (unpaired) electrons. The van der Waals surface area contributed by atoms with Gasteiger partial charge in [-0.2, -0.15) is 0 Å². The lowest BCUT2D eigenvalue weighted by Crippen LogP contribution is -2.38. The minimum atomic E-state index is -3.17. The minimum absolute atomic E-state index is 0.0152. The first-order valence-electron chi connectivity index (χ1n) is 8.88. The van der Waals surface area contributed by atoms with E-state index in [2.05, 4.69) is 6.92 Å². The lowest BCUT2D eigenvalue weighted by molar-refractivity contribution is 0.255. The molecule has 2 saturated heterocycles. The molecule has 0 aromatic heterocycles. The number of aryl methyl sites for hydroxylation is 2. The number of rotatable bonds is 3. The summed E-state index contributed by atoms with van der Waals surface area (Å²) in [7, 11) is -3.17. The van der Waals surface area contributed by atoms with E-state index in [0.29, 0.717) is 0 Å². The van der Waals surface area contributed by atoms with Crippen LogP contribution < -0.4 is 9.80 Å². The average molecular weight is 370 g/mol. The number of sulfone groups is 1. The largest absolute Gasteiger partial charge is 0.329 e. The van der Waals surface area contributed by atoms with Crippen LogP contribution in [-0.2, 0) is 16.3 Å². The molecule has 2 aromatic rings. The molecule has 0 aliphatic carbocycles. The Morgan fingerprint density at radius 3 is 2.19 bits per heavy atom. The fourth-order valence-electron chi connectivity index (χ4n) is 4.01.